The lowest BCUT2D eigenvalue weighted by Crippen LogP contribution is -2.35. The van der Waals surface area contributed by atoms with Gasteiger partial charge in [-0.3, -0.25) is 4.79 Å². The summed E-state index contributed by atoms with van der Waals surface area (Å²) in [4.78, 5) is 20.3. The summed E-state index contributed by atoms with van der Waals surface area (Å²) in [5.74, 6) is 0.959. The number of piperidine rings is 1. The van der Waals surface area contributed by atoms with Gasteiger partial charge in [0.1, 0.15) is 11.6 Å². The average molecular weight is 503 g/mol. The molecule has 1 aliphatic heterocycles. The van der Waals surface area contributed by atoms with Gasteiger partial charge in [-0.25, -0.2) is 22.5 Å². The van der Waals surface area contributed by atoms with Gasteiger partial charge in [0.2, 0.25) is 15.9 Å². The molecule has 0 radical (unpaired) electrons. The molecule has 2 aromatic rings. The van der Waals surface area contributed by atoms with Gasteiger partial charge < -0.3 is 10.2 Å². The molecule has 0 spiro atoms. The van der Waals surface area contributed by atoms with Crippen LogP contribution in [0.15, 0.2) is 30.3 Å². The molecule has 190 valence electrons. The molecule has 1 saturated carbocycles. The van der Waals surface area contributed by atoms with E-state index in [-0.39, 0.29) is 18.0 Å². The highest BCUT2D eigenvalue weighted by Crippen LogP contribution is 2.40. The number of carbonyl (C=O) groups excluding carboxylic acids is 1. The van der Waals surface area contributed by atoms with E-state index in [1.54, 1.807) is 13.0 Å². The molecular weight excluding hydrogens is 467 g/mol. The summed E-state index contributed by atoms with van der Waals surface area (Å²) in [7, 11) is -3.42. The van der Waals surface area contributed by atoms with Crippen molar-refractivity contribution < 1.29 is 17.6 Å². The first-order valence-corrected chi connectivity index (χ1v) is 14.3. The van der Waals surface area contributed by atoms with Gasteiger partial charge in [0, 0.05) is 48.9 Å². The molecule has 1 aliphatic carbocycles. The Balaban J connectivity index is 1.42. The summed E-state index contributed by atoms with van der Waals surface area (Å²) >= 11 is 0. The first-order valence-electron chi connectivity index (χ1n) is 12.4. The summed E-state index contributed by atoms with van der Waals surface area (Å²) in [6.45, 7) is 6.19. The van der Waals surface area contributed by atoms with Gasteiger partial charge in [0.05, 0.1) is 12.2 Å². The predicted octanol–water partition coefficient (Wildman–Crippen LogP) is 3.80. The number of sulfonamides is 1. The van der Waals surface area contributed by atoms with E-state index in [4.69, 9.17) is 4.98 Å². The second-order valence-electron chi connectivity index (χ2n) is 10.0. The molecule has 2 fully saturated rings. The zero-order valence-corrected chi connectivity index (χ0v) is 21.5. The molecule has 2 heterocycles. The number of hydrogen-bond acceptors (Lipinski definition) is 5. The van der Waals surface area contributed by atoms with Crippen LogP contribution >= 0.6 is 0 Å². The van der Waals surface area contributed by atoms with Crippen molar-refractivity contribution in [1.82, 2.24) is 15.0 Å². The van der Waals surface area contributed by atoms with Crippen molar-refractivity contribution in [2.75, 3.05) is 24.2 Å². The number of aromatic nitrogens is 1. The van der Waals surface area contributed by atoms with E-state index in [0.29, 0.717) is 18.0 Å². The standard InChI is InChI=1S/C26H35FN4O3S/c1-17-10-12-31(13-11-17)25-22(8-9-24(30-25)19-4-5-19)15-28-26(32)18(2)20-6-7-21(23(27)14-20)16-29-35(3,33)34/h6-9,14,17-19,29H,4-5,10-13,15-16H2,1-3H3,(H,28,32). The monoisotopic (exact) mass is 502 g/mol. The van der Waals surface area contributed by atoms with Crippen LogP contribution in [-0.2, 0) is 27.9 Å². The Morgan fingerprint density at radius 2 is 1.80 bits per heavy atom. The normalized spacial score (nSPS) is 17.9. The Morgan fingerprint density at radius 1 is 1.11 bits per heavy atom. The molecule has 1 atom stereocenters. The van der Waals surface area contributed by atoms with Crippen LogP contribution in [-0.4, -0.2) is 38.7 Å². The third-order valence-electron chi connectivity index (χ3n) is 7.00. The average Bonchev–Trinajstić information content (AvgIpc) is 3.67. The van der Waals surface area contributed by atoms with E-state index < -0.39 is 21.8 Å². The molecule has 2 aliphatic rings. The van der Waals surface area contributed by atoms with Gasteiger partial charge in [-0.2, -0.15) is 0 Å². The van der Waals surface area contributed by atoms with E-state index in [2.05, 4.69) is 34.0 Å². The quantitative estimate of drug-likeness (QED) is 0.544. The summed E-state index contributed by atoms with van der Waals surface area (Å²) in [6, 6.07) is 8.65. The maximum Gasteiger partial charge on any atom is 0.227 e. The number of pyridine rings is 1. The molecule has 4 rings (SSSR count). The summed E-state index contributed by atoms with van der Waals surface area (Å²) in [6.07, 6.45) is 5.68. The zero-order valence-electron chi connectivity index (χ0n) is 20.7. The highest BCUT2D eigenvalue weighted by Gasteiger charge is 2.28. The van der Waals surface area contributed by atoms with Gasteiger partial charge in [0.25, 0.3) is 0 Å². The molecule has 35 heavy (non-hydrogen) atoms. The molecule has 9 heteroatoms. The van der Waals surface area contributed by atoms with Gasteiger partial charge in [-0.15, -0.1) is 0 Å². The van der Waals surface area contributed by atoms with E-state index in [0.717, 1.165) is 55.2 Å². The van der Waals surface area contributed by atoms with Gasteiger partial charge in [-0.05, 0) is 56.2 Å². The minimum atomic E-state index is -3.42. The zero-order chi connectivity index (χ0) is 25.2. The van der Waals surface area contributed by atoms with Crippen LogP contribution in [0.4, 0.5) is 10.2 Å². The van der Waals surface area contributed by atoms with Gasteiger partial charge >= 0.3 is 0 Å². The molecule has 1 aromatic heterocycles. The van der Waals surface area contributed by atoms with E-state index in [1.165, 1.54) is 25.0 Å². The fraction of sp³-hybridized carbons (Fsp3) is 0.538. The second-order valence-corrected chi connectivity index (χ2v) is 11.9. The number of anilines is 1. The number of nitrogens with zero attached hydrogens (tertiary/aromatic N) is 2. The van der Waals surface area contributed by atoms with E-state index in [9.17, 15) is 17.6 Å². The number of amides is 1. The number of benzene rings is 1. The van der Waals surface area contributed by atoms with Crippen LogP contribution in [0.25, 0.3) is 0 Å². The Hall–Kier alpha value is -2.52. The summed E-state index contributed by atoms with van der Waals surface area (Å²) in [5, 5.41) is 3.01. The van der Waals surface area contributed by atoms with Crippen molar-refractivity contribution in [1.29, 1.82) is 0 Å². The molecule has 2 N–H and O–H groups in total. The van der Waals surface area contributed by atoms with Crippen LogP contribution < -0.4 is 14.9 Å². The predicted molar refractivity (Wildman–Crippen MR) is 135 cm³/mol. The fourth-order valence-corrected chi connectivity index (χ4v) is 4.82. The topological polar surface area (TPSA) is 91.4 Å². The highest BCUT2D eigenvalue weighted by molar-refractivity contribution is 7.88. The molecular formula is C26H35FN4O3S. The smallest absolute Gasteiger partial charge is 0.227 e. The maximum atomic E-state index is 14.5. The number of carbonyl (C=O) groups is 1. The largest absolute Gasteiger partial charge is 0.356 e. The number of nitrogens with one attached hydrogen (secondary N) is 2. The SMILES string of the molecule is CC1CCN(c2nc(C3CC3)ccc2CNC(=O)C(C)c2ccc(CNS(C)(=O)=O)c(F)c2)CC1. The number of halogens is 1. The van der Waals surface area contributed by atoms with Crippen molar-refractivity contribution in [3.05, 3.63) is 58.5 Å². The van der Waals surface area contributed by atoms with E-state index in [1.807, 2.05) is 0 Å². The molecule has 1 amide bonds. The van der Waals surface area contributed by atoms with Crippen LogP contribution in [0.2, 0.25) is 0 Å². The first kappa shape index (κ1) is 25.6. The second kappa shape index (κ2) is 10.6. The lowest BCUT2D eigenvalue weighted by atomic mass is 9.98. The van der Waals surface area contributed by atoms with Crippen LogP contribution in [0, 0.1) is 11.7 Å². The number of hydrogen-bond donors (Lipinski definition) is 2. The lowest BCUT2D eigenvalue weighted by Gasteiger charge is -2.33. The molecule has 1 unspecified atom stereocenters. The highest BCUT2D eigenvalue weighted by atomic mass is 32.2. The molecule has 0 bridgehead atoms. The minimum absolute atomic E-state index is 0.132. The summed E-state index contributed by atoms with van der Waals surface area (Å²) in [5.41, 5.74) is 2.91. The van der Waals surface area contributed by atoms with E-state index >= 15 is 0 Å². The third kappa shape index (κ3) is 6.79. The van der Waals surface area contributed by atoms with Gasteiger partial charge in [-0.1, -0.05) is 25.1 Å². The Kier molecular flexibility index (Phi) is 7.76. The van der Waals surface area contributed by atoms with Crippen molar-refractivity contribution in [3.63, 3.8) is 0 Å². The Bertz CT molecular complexity index is 1180. The first-order chi connectivity index (χ1) is 16.6. The maximum absolute atomic E-state index is 14.5. The fourth-order valence-electron chi connectivity index (χ4n) is 4.40. The van der Waals surface area contributed by atoms with Crippen LogP contribution in [0.1, 0.15) is 73.8 Å². The van der Waals surface area contributed by atoms with Gasteiger partial charge in [0.15, 0.2) is 0 Å². The lowest BCUT2D eigenvalue weighted by molar-refractivity contribution is -0.122. The van der Waals surface area contributed by atoms with Crippen molar-refractivity contribution in [3.8, 4) is 0 Å². The molecule has 7 nitrogen and oxygen atoms in total. The van der Waals surface area contributed by atoms with Crippen LogP contribution in [0.5, 0.6) is 0 Å². The number of rotatable bonds is 9. The van der Waals surface area contributed by atoms with Crippen molar-refractivity contribution in [2.45, 2.75) is 64.5 Å². The van der Waals surface area contributed by atoms with Crippen molar-refractivity contribution in [2.24, 2.45) is 5.92 Å². The summed E-state index contributed by atoms with van der Waals surface area (Å²) < 4.78 is 39.3. The Labute approximate surface area is 207 Å². The van der Waals surface area contributed by atoms with Crippen LogP contribution in [0.3, 0.4) is 0 Å². The van der Waals surface area contributed by atoms with Crippen molar-refractivity contribution >= 4 is 21.7 Å². The molecule has 1 aromatic carbocycles. The minimum Gasteiger partial charge on any atom is -0.356 e. The molecule has 1 saturated heterocycles. The third-order valence-corrected chi connectivity index (χ3v) is 7.67. The Morgan fingerprint density at radius 3 is 2.43 bits per heavy atom.